The molecule has 0 saturated heterocycles. The van der Waals surface area contributed by atoms with Crippen LogP contribution in [0.3, 0.4) is 0 Å². The Hall–Kier alpha value is -2.55. The van der Waals surface area contributed by atoms with Gasteiger partial charge >= 0.3 is 5.97 Å². The van der Waals surface area contributed by atoms with E-state index in [0.29, 0.717) is 5.56 Å². The lowest BCUT2D eigenvalue weighted by Crippen LogP contribution is -1.95. The SMILES string of the molecule is COc1cccc(/C=C/[C@H]2OC(=O)c3ccccc32)c1. The fourth-order valence-corrected chi connectivity index (χ4v) is 2.26. The molecule has 0 N–H and O–H groups in total. The van der Waals surface area contributed by atoms with Crippen molar-refractivity contribution in [2.24, 2.45) is 0 Å². The van der Waals surface area contributed by atoms with Crippen molar-refractivity contribution in [3.63, 3.8) is 0 Å². The van der Waals surface area contributed by atoms with Crippen LogP contribution in [0.15, 0.2) is 54.6 Å². The third-order valence-corrected chi connectivity index (χ3v) is 3.28. The highest BCUT2D eigenvalue weighted by Crippen LogP contribution is 2.31. The maximum Gasteiger partial charge on any atom is 0.339 e. The second-order valence-electron chi connectivity index (χ2n) is 4.55. The molecule has 0 amide bonds. The van der Waals surface area contributed by atoms with Crippen molar-refractivity contribution in [1.29, 1.82) is 0 Å². The zero-order chi connectivity index (χ0) is 13.9. The normalized spacial score (nSPS) is 17.1. The molecule has 0 bridgehead atoms. The summed E-state index contributed by atoms with van der Waals surface area (Å²) in [4.78, 5) is 11.7. The number of ether oxygens (including phenoxy) is 2. The first-order valence-electron chi connectivity index (χ1n) is 6.40. The molecule has 3 rings (SSSR count). The molecule has 0 spiro atoms. The number of methoxy groups -OCH3 is 1. The van der Waals surface area contributed by atoms with Crippen LogP contribution < -0.4 is 4.74 Å². The first-order chi connectivity index (χ1) is 9.78. The monoisotopic (exact) mass is 266 g/mol. The summed E-state index contributed by atoms with van der Waals surface area (Å²) < 4.78 is 10.5. The highest BCUT2D eigenvalue weighted by molar-refractivity contribution is 5.94. The summed E-state index contributed by atoms with van der Waals surface area (Å²) in [5.74, 6) is 0.539. The fraction of sp³-hybridized carbons (Fsp3) is 0.118. The van der Waals surface area contributed by atoms with Crippen LogP contribution in [-0.4, -0.2) is 13.1 Å². The standard InChI is InChI=1S/C17H14O3/c1-19-13-6-4-5-12(11-13)9-10-16-14-7-2-3-8-15(14)17(18)20-16/h2-11,16H,1H3/b10-9+/t16-/m1/s1. The number of esters is 1. The Labute approximate surface area is 117 Å². The average Bonchev–Trinajstić information content (AvgIpc) is 2.82. The maximum absolute atomic E-state index is 11.7. The summed E-state index contributed by atoms with van der Waals surface area (Å²) in [6.07, 6.45) is 3.51. The summed E-state index contributed by atoms with van der Waals surface area (Å²) in [5.41, 5.74) is 2.56. The fourth-order valence-electron chi connectivity index (χ4n) is 2.26. The lowest BCUT2D eigenvalue weighted by molar-refractivity contribution is 0.0468. The predicted molar refractivity (Wildman–Crippen MR) is 76.6 cm³/mol. The Kier molecular flexibility index (Phi) is 3.25. The van der Waals surface area contributed by atoms with Crippen molar-refractivity contribution in [2.75, 3.05) is 7.11 Å². The second kappa shape index (κ2) is 5.21. The Balaban J connectivity index is 1.85. The molecule has 0 aliphatic carbocycles. The number of fused-ring (bicyclic) bond motifs is 1. The number of carbonyl (C=O) groups excluding carboxylic acids is 1. The molecule has 1 aliphatic rings. The molecule has 20 heavy (non-hydrogen) atoms. The van der Waals surface area contributed by atoms with E-state index in [2.05, 4.69) is 0 Å². The molecule has 1 heterocycles. The van der Waals surface area contributed by atoms with Crippen molar-refractivity contribution in [3.05, 3.63) is 71.3 Å². The first kappa shape index (κ1) is 12.5. The Morgan fingerprint density at radius 3 is 2.85 bits per heavy atom. The molecular weight excluding hydrogens is 252 g/mol. The smallest absolute Gasteiger partial charge is 0.339 e. The molecule has 0 fully saturated rings. The van der Waals surface area contributed by atoms with Crippen LogP contribution in [0.4, 0.5) is 0 Å². The van der Waals surface area contributed by atoms with Gasteiger partial charge in [-0.1, -0.05) is 36.4 Å². The molecule has 0 saturated carbocycles. The zero-order valence-corrected chi connectivity index (χ0v) is 11.1. The van der Waals surface area contributed by atoms with E-state index in [0.717, 1.165) is 16.9 Å². The first-order valence-corrected chi connectivity index (χ1v) is 6.40. The van der Waals surface area contributed by atoms with E-state index >= 15 is 0 Å². The molecule has 1 atom stereocenters. The molecule has 2 aromatic carbocycles. The molecule has 0 radical (unpaired) electrons. The van der Waals surface area contributed by atoms with Crippen LogP contribution in [0.1, 0.15) is 27.6 Å². The van der Waals surface area contributed by atoms with E-state index in [1.54, 1.807) is 13.2 Å². The predicted octanol–water partition coefficient (Wildman–Crippen LogP) is 3.62. The van der Waals surface area contributed by atoms with Crippen molar-refractivity contribution < 1.29 is 14.3 Å². The number of carbonyl (C=O) groups is 1. The Bertz CT molecular complexity index is 673. The number of rotatable bonds is 3. The minimum Gasteiger partial charge on any atom is -0.497 e. The van der Waals surface area contributed by atoms with Crippen LogP contribution in [0, 0.1) is 0 Å². The maximum atomic E-state index is 11.7. The van der Waals surface area contributed by atoms with Gasteiger partial charge in [0.25, 0.3) is 0 Å². The van der Waals surface area contributed by atoms with Gasteiger partial charge in [-0.05, 0) is 29.8 Å². The Morgan fingerprint density at radius 1 is 1.15 bits per heavy atom. The van der Waals surface area contributed by atoms with Crippen molar-refractivity contribution >= 4 is 12.0 Å². The highest BCUT2D eigenvalue weighted by atomic mass is 16.5. The van der Waals surface area contributed by atoms with Gasteiger partial charge in [0, 0.05) is 5.56 Å². The summed E-state index contributed by atoms with van der Waals surface area (Å²) in [6, 6.07) is 15.2. The van der Waals surface area contributed by atoms with E-state index in [4.69, 9.17) is 9.47 Å². The van der Waals surface area contributed by atoms with Gasteiger partial charge in [-0.3, -0.25) is 0 Å². The number of benzene rings is 2. The number of cyclic esters (lactones) is 1. The quantitative estimate of drug-likeness (QED) is 0.796. The van der Waals surface area contributed by atoms with Crippen LogP contribution in [0.25, 0.3) is 6.08 Å². The third kappa shape index (κ3) is 2.30. The largest absolute Gasteiger partial charge is 0.497 e. The lowest BCUT2D eigenvalue weighted by atomic mass is 10.0. The lowest BCUT2D eigenvalue weighted by Gasteiger charge is -2.05. The minimum absolute atomic E-state index is 0.263. The van der Waals surface area contributed by atoms with Crippen LogP contribution >= 0.6 is 0 Å². The summed E-state index contributed by atoms with van der Waals surface area (Å²) in [7, 11) is 1.64. The second-order valence-corrected chi connectivity index (χ2v) is 4.55. The van der Waals surface area contributed by atoms with Crippen LogP contribution in [0.2, 0.25) is 0 Å². The number of hydrogen-bond acceptors (Lipinski definition) is 3. The minimum atomic E-state index is -0.315. The summed E-state index contributed by atoms with van der Waals surface area (Å²) in [5, 5.41) is 0. The molecule has 100 valence electrons. The van der Waals surface area contributed by atoms with Crippen LogP contribution in [0.5, 0.6) is 5.75 Å². The molecule has 0 unspecified atom stereocenters. The third-order valence-electron chi connectivity index (χ3n) is 3.28. The van der Waals surface area contributed by atoms with Gasteiger partial charge in [-0.25, -0.2) is 4.79 Å². The van der Waals surface area contributed by atoms with Gasteiger partial charge in [0.15, 0.2) is 0 Å². The summed E-state index contributed by atoms with van der Waals surface area (Å²) >= 11 is 0. The molecule has 3 nitrogen and oxygen atoms in total. The van der Waals surface area contributed by atoms with E-state index in [9.17, 15) is 4.79 Å². The molecule has 0 aromatic heterocycles. The van der Waals surface area contributed by atoms with Crippen molar-refractivity contribution in [2.45, 2.75) is 6.10 Å². The van der Waals surface area contributed by atoms with Gasteiger partial charge in [0.1, 0.15) is 11.9 Å². The van der Waals surface area contributed by atoms with Gasteiger partial charge in [0.2, 0.25) is 0 Å². The van der Waals surface area contributed by atoms with E-state index < -0.39 is 0 Å². The van der Waals surface area contributed by atoms with Gasteiger partial charge in [-0.2, -0.15) is 0 Å². The number of hydrogen-bond donors (Lipinski definition) is 0. The molecule has 2 aromatic rings. The van der Waals surface area contributed by atoms with Gasteiger partial charge in [-0.15, -0.1) is 0 Å². The molecular formula is C17H14O3. The summed E-state index contributed by atoms with van der Waals surface area (Å²) in [6.45, 7) is 0. The van der Waals surface area contributed by atoms with E-state index in [-0.39, 0.29) is 12.1 Å². The van der Waals surface area contributed by atoms with Gasteiger partial charge < -0.3 is 9.47 Å². The average molecular weight is 266 g/mol. The molecule has 3 heteroatoms. The van der Waals surface area contributed by atoms with E-state index in [1.165, 1.54) is 0 Å². The van der Waals surface area contributed by atoms with Gasteiger partial charge in [0.05, 0.1) is 12.7 Å². The molecule has 1 aliphatic heterocycles. The zero-order valence-electron chi connectivity index (χ0n) is 11.1. The highest BCUT2D eigenvalue weighted by Gasteiger charge is 2.28. The van der Waals surface area contributed by atoms with Crippen molar-refractivity contribution in [1.82, 2.24) is 0 Å². The van der Waals surface area contributed by atoms with Crippen LogP contribution in [-0.2, 0) is 4.74 Å². The van der Waals surface area contributed by atoms with E-state index in [1.807, 2.05) is 54.6 Å². The Morgan fingerprint density at radius 2 is 2.00 bits per heavy atom. The topological polar surface area (TPSA) is 35.5 Å². The van der Waals surface area contributed by atoms with Crippen molar-refractivity contribution in [3.8, 4) is 5.75 Å².